The maximum atomic E-state index is 12.6. The smallest absolute Gasteiger partial charge is 0.359 e. The maximum Gasteiger partial charge on any atom is 0.416 e. The van der Waals surface area contributed by atoms with Crippen LogP contribution in [0.4, 0.5) is 13.2 Å². The van der Waals surface area contributed by atoms with Crippen LogP contribution in [0.5, 0.6) is 0 Å². The molecule has 2 aromatic rings. The number of rotatable bonds is 4. The van der Waals surface area contributed by atoms with E-state index in [1.807, 2.05) is 6.07 Å². The van der Waals surface area contributed by atoms with Crippen molar-refractivity contribution in [1.29, 1.82) is 0 Å². The topological polar surface area (TPSA) is 29.3 Å². The van der Waals surface area contributed by atoms with Crippen LogP contribution in [0.1, 0.15) is 61.2 Å². The van der Waals surface area contributed by atoms with E-state index in [2.05, 4.69) is 23.9 Å². The second kappa shape index (κ2) is 6.59. The number of benzene rings is 1. The van der Waals surface area contributed by atoms with Gasteiger partial charge in [0.25, 0.3) is 0 Å². The zero-order valence-corrected chi connectivity index (χ0v) is 13.8. The van der Waals surface area contributed by atoms with Crippen LogP contribution >= 0.6 is 0 Å². The van der Waals surface area contributed by atoms with E-state index in [1.54, 1.807) is 12.1 Å². The molecule has 0 spiro atoms. The van der Waals surface area contributed by atoms with Gasteiger partial charge >= 0.3 is 6.18 Å². The lowest BCUT2D eigenvalue weighted by molar-refractivity contribution is -0.137. The highest BCUT2D eigenvalue weighted by Crippen LogP contribution is 2.35. The zero-order valence-electron chi connectivity index (χ0n) is 13.8. The summed E-state index contributed by atoms with van der Waals surface area (Å²) in [5, 5.41) is 4.11. The highest BCUT2D eigenvalue weighted by molar-refractivity contribution is 5.25. The van der Waals surface area contributed by atoms with Crippen LogP contribution in [0.2, 0.25) is 0 Å². The Morgan fingerprint density at radius 1 is 1.25 bits per heavy atom. The summed E-state index contributed by atoms with van der Waals surface area (Å²) in [6.07, 6.45) is -2.27. The molecule has 0 amide bonds. The Labute approximate surface area is 139 Å². The highest BCUT2D eigenvalue weighted by atomic mass is 19.4. The van der Waals surface area contributed by atoms with Crippen molar-refractivity contribution in [2.45, 2.75) is 51.4 Å². The molecule has 1 aromatic heterocycles. The number of halogens is 3. The van der Waals surface area contributed by atoms with Gasteiger partial charge in [0, 0.05) is 12.6 Å². The van der Waals surface area contributed by atoms with Gasteiger partial charge in [0.05, 0.1) is 17.3 Å². The van der Waals surface area contributed by atoms with Crippen LogP contribution in [-0.4, -0.2) is 16.6 Å². The molecule has 3 nitrogen and oxygen atoms in total. The molecule has 0 N–H and O–H groups in total. The minimum atomic E-state index is -4.29. The summed E-state index contributed by atoms with van der Waals surface area (Å²) in [6, 6.07) is 7.54. The van der Waals surface area contributed by atoms with E-state index in [4.69, 9.17) is 4.52 Å². The van der Waals surface area contributed by atoms with Crippen molar-refractivity contribution in [3.8, 4) is 0 Å². The molecule has 1 aromatic carbocycles. The van der Waals surface area contributed by atoms with Crippen LogP contribution in [0.15, 0.2) is 34.9 Å². The highest BCUT2D eigenvalue weighted by Gasteiger charge is 2.31. The Balaban J connectivity index is 1.71. The SMILES string of the molecule is CC(C)c1cc(C2CCCN2Cc2ccc(C(F)(F)F)cc2)on1. The van der Waals surface area contributed by atoms with Gasteiger partial charge in [-0.2, -0.15) is 13.2 Å². The average Bonchev–Trinajstić information content (AvgIpc) is 3.15. The van der Waals surface area contributed by atoms with E-state index in [1.165, 1.54) is 0 Å². The van der Waals surface area contributed by atoms with E-state index in [0.717, 1.165) is 48.5 Å². The molecule has 1 aliphatic rings. The van der Waals surface area contributed by atoms with Gasteiger partial charge in [-0.25, -0.2) is 0 Å². The third-order valence-electron chi connectivity index (χ3n) is 4.50. The molecule has 1 unspecified atom stereocenters. The summed E-state index contributed by atoms with van der Waals surface area (Å²) >= 11 is 0. The third kappa shape index (κ3) is 3.64. The molecule has 24 heavy (non-hydrogen) atoms. The molecule has 3 rings (SSSR count). The first-order chi connectivity index (χ1) is 11.3. The van der Waals surface area contributed by atoms with Gasteiger partial charge in [-0.1, -0.05) is 31.1 Å². The predicted octanol–water partition coefficient (Wildman–Crippen LogP) is 5.15. The first kappa shape index (κ1) is 17.0. The fourth-order valence-corrected chi connectivity index (χ4v) is 3.10. The molecule has 0 saturated carbocycles. The van der Waals surface area contributed by atoms with Crippen molar-refractivity contribution in [3.63, 3.8) is 0 Å². The Morgan fingerprint density at radius 3 is 2.54 bits per heavy atom. The van der Waals surface area contributed by atoms with E-state index in [9.17, 15) is 13.2 Å². The van der Waals surface area contributed by atoms with Gasteiger partial charge in [0.2, 0.25) is 0 Å². The molecule has 1 atom stereocenters. The van der Waals surface area contributed by atoms with E-state index in [-0.39, 0.29) is 6.04 Å². The molecule has 1 fully saturated rings. The lowest BCUT2D eigenvalue weighted by atomic mass is 10.1. The molecule has 1 aliphatic heterocycles. The van der Waals surface area contributed by atoms with Crippen LogP contribution in [-0.2, 0) is 12.7 Å². The maximum absolute atomic E-state index is 12.6. The van der Waals surface area contributed by atoms with Crippen LogP contribution < -0.4 is 0 Å². The molecule has 0 bridgehead atoms. The van der Waals surface area contributed by atoms with Crippen molar-refractivity contribution < 1.29 is 17.7 Å². The Hall–Kier alpha value is -1.82. The molecular weight excluding hydrogens is 317 g/mol. The number of likely N-dealkylation sites (tertiary alicyclic amines) is 1. The Bertz CT molecular complexity index is 676. The summed E-state index contributed by atoms with van der Waals surface area (Å²) in [5.41, 5.74) is 1.20. The normalized spacial score (nSPS) is 19.3. The minimum absolute atomic E-state index is 0.146. The largest absolute Gasteiger partial charge is 0.416 e. The van der Waals surface area contributed by atoms with Crippen LogP contribution in [0.3, 0.4) is 0 Å². The van der Waals surface area contributed by atoms with Gasteiger partial charge in [-0.15, -0.1) is 0 Å². The lowest BCUT2D eigenvalue weighted by Crippen LogP contribution is -2.22. The van der Waals surface area contributed by atoms with Gasteiger partial charge in [0.15, 0.2) is 5.76 Å². The molecule has 2 heterocycles. The van der Waals surface area contributed by atoms with Crippen molar-refractivity contribution >= 4 is 0 Å². The summed E-state index contributed by atoms with van der Waals surface area (Å²) in [6.45, 7) is 5.65. The van der Waals surface area contributed by atoms with Crippen molar-refractivity contribution in [2.75, 3.05) is 6.54 Å². The molecule has 0 radical (unpaired) electrons. The second-order valence-corrected chi connectivity index (χ2v) is 6.63. The lowest BCUT2D eigenvalue weighted by Gasteiger charge is -2.22. The first-order valence-corrected chi connectivity index (χ1v) is 8.21. The van der Waals surface area contributed by atoms with Crippen molar-refractivity contribution in [2.24, 2.45) is 0 Å². The number of aromatic nitrogens is 1. The number of hydrogen-bond donors (Lipinski definition) is 0. The zero-order chi connectivity index (χ0) is 17.3. The third-order valence-corrected chi connectivity index (χ3v) is 4.50. The van der Waals surface area contributed by atoms with E-state index < -0.39 is 11.7 Å². The summed E-state index contributed by atoms with van der Waals surface area (Å²) in [5.74, 6) is 1.16. The van der Waals surface area contributed by atoms with Crippen molar-refractivity contribution in [1.82, 2.24) is 10.1 Å². The molecule has 130 valence electrons. The monoisotopic (exact) mass is 338 g/mol. The predicted molar refractivity (Wildman–Crippen MR) is 84.4 cm³/mol. The van der Waals surface area contributed by atoms with Gasteiger partial charge in [0.1, 0.15) is 0 Å². The first-order valence-electron chi connectivity index (χ1n) is 8.21. The minimum Gasteiger partial charge on any atom is -0.359 e. The molecule has 0 aliphatic carbocycles. The second-order valence-electron chi connectivity index (χ2n) is 6.63. The van der Waals surface area contributed by atoms with E-state index >= 15 is 0 Å². The Kier molecular flexibility index (Phi) is 4.67. The summed E-state index contributed by atoms with van der Waals surface area (Å²) < 4.78 is 43.4. The standard InChI is InChI=1S/C18H21F3N2O/c1-12(2)15-10-17(24-22-15)16-4-3-9-23(16)11-13-5-7-14(8-6-13)18(19,20)21/h5-8,10,12,16H,3-4,9,11H2,1-2H3. The van der Waals surface area contributed by atoms with Crippen LogP contribution in [0, 0.1) is 0 Å². The fourth-order valence-electron chi connectivity index (χ4n) is 3.10. The van der Waals surface area contributed by atoms with Gasteiger partial charge in [-0.3, -0.25) is 4.90 Å². The number of hydrogen-bond acceptors (Lipinski definition) is 3. The quantitative estimate of drug-likeness (QED) is 0.772. The molecular formula is C18H21F3N2O. The fraction of sp³-hybridized carbons (Fsp3) is 0.500. The number of alkyl halides is 3. The van der Waals surface area contributed by atoms with E-state index in [0.29, 0.717) is 12.5 Å². The summed E-state index contributed by atoms with van der Waals surface area (Å²) in [4.78, 5) is 2.24. The van der Waals surface area contributed by atoms with Gasteiger partial charge in [-0.05, 0) is 43.0 Å². The van der Waals surface area contributed by atoms with Crippen molar-refractivity contribution in [3.05, 3.63) is 52.9 Å². The number of nitrogens with zero attached hydrogens (tertiary/aromatic N) is 2. The van der Waals surface area contributed by atoms with Gasteiger partial charge < -0.3 is 4.52 Å². The molecule has 6 heteroatoms. The molecule has 1 saturated heterocycles. The average molecular weight is 338 g/mol. The van der Waals surface area contributed by atoms with Crippen LogP contribution in [0.25, 0.3) is 0 Å². The Morgan fingerprint density at radius 2 is 1.96 bits per heavy atom. The summed E-state index contributed by atoms with van der Waals surface area (Å²) in [7, 11) is 0.